The fraction of sp³-hybridized carbons (Fsp3) is 0.333. The molecule has 1 atom stereocenters. The highest BCUT2D eigenvalue weighted by atomic mass is 32.2. The van der Waals surface area contributed by atoms with Crippen LogP contribution < -0.4 is 5.32 Å². The van der Waals surface area contributed by atoms with E-state index < -0.39 is 6.04 Å². The van der Waals surface area contributed by atoms with Gasteiger partial charge in [0.1, 0.15) is 6.04 Å². The molecule has 1 fully saturated rings. The first-order valence-electron chi connectivity index (χ1n) is 12.5. The van der Waals surface area contributed by atoms with Gasteiger partial charge < -0.3 is 10.2 Å². The average molecular weight is 487 g/mol. The van der Waals surface area contributed by atoms with Gasteiger partial charge >= 0.3 is 0 Å². The minimum Gasteiger partial charge on any atom is -0.352 e. The van der Waals surface area contributed by atoms with Crippen molar-refractivity contribution in [3.05, 3.63) is 102 Å². The van der Waals surface area contributed by atoms with Gasteiger partial charge in [-0.05, 0) is 43.0 Å². The first-order valence-corrected chi connectivity index (χ1v) is 13.4. The van der Waals surface area contributed by atoms with E-state index in [0.717, 1.165) is 47.3 Å². The Kier molecular flexibility index (Phi) is 9.02. The lowest BCUT2D eigenvalue weighted by molar-refractivity contribution is -0.139. The summed E-state index contributed by atoms with van der Waals surface area (Å²) in [6, 6.07) is 27.8. The van der Waals surface area contributed by atoms with Crippen LogP contribution in [0.2, 0.25) is 0 Å². The molecule has 3 aromatic rings. The highest BCUT2D eigenvalue weighted by Gasteiger charge is 2.32. The van der Waals surface area contributed by atoms with Crippen LogP contribution in [0, 0.1) is 6.92 Å². The van der Waals surface area contributed by atoms with Crippen molar-refractivity contribution in [1.82, 2.24) is 10.2 Å². The molecule has 4 rings (SSSR count). The Morgan fingerprint density at radius 3 is 2.26 bits per heavy atom. The molecule has 1 unspecified atom stereocenters. The Morgan fingerprint density at radius 2 is 1.57 bits per heavy atom. The Hall–Kier alpha value is -3.05. The van der Waals surface area contributed by atoms with Gasteiger partial charge in [0.15, 0.2) is 0 Å². The van der Waals surface area contributed by atoms with E-state index in [1.165, 1.54) is 11.8 Å². The Labute approximate surface area is 213 Å². The minimum absolute atomic E-state index is 0.0251. The van der Waals surface area contributed by atoms with Crippen LogP contribution in [0.4, 0.5) is 0 Å². The standard InChI is InChI=1S/C30H34N2O2S/c1-23-11-10-14-25(19-23)21-32(29(33)22-35-27-17-6-3-7-18-27)28(20-24-12-4-2-5-13-24)30(34)31-26-15-8-9-16-26/h2-7,10-14,17-19,26,28H,8-9,15-16,20-22H2,1H3,(H,31,34). The van der Waals surface area contributed by atoms with Crippen LogP contribution in [0.5, 0.6) is 0 Å². The molecule has 35 heavy (non-hydrogen) atoms. The number of carbonyl (C=O) groups is 2. The molecule has 4 nitrogen and oxygen atoms in total. The molecule has 1 saturated carbocycles. The Bertz CT molecular complexity index is 1100. The van der Waals surface area contributed by atoms with E-state index in [-0.39, 0.29) is 23.6 Å². The molecular formula is C30H34N2O2S. The second-order valence-electron chi connectivity index (χ2n) is 9.31. The van der Waals surface area contributed by atoms with Gasteiger partial charge in [-0.15, -0.1) is 11.8 Å². The predicted molar refractivity (Wildman–Crippen MR) is 143 cm³/mol. The van der Waals surface area contributed by atoms with E-state index in [1.54, 1.807) is 4.90 Å². The van der Waals surface area contributed by atoms with Gasteiger partial charge in [-0.25, -0.2) is 0 Å². The van der Waals surface area contributed by atoms with Crippen molar-refractivity contribution in [3.8, 4) is 0 Å². The Morgan fingerprint density at radius 1 is 0.914 bits per heavy atom. The van der Waals surface area contributed by atoms with Crippen LogP contribution in [0.3, 0.4) is 0 Å². The van der Waals surface area contributed by atoms with Crippen LogP contribution in [0.25, 0.3) is 0 Å². The molecular weight excluding hydrogens is 452 g/mol. The molecule has 0 aliphatic heterocycles. The summed E-state index contributed by atoms with van der Waals surface area (Å²) in [6.45, 7) is 2.46. The summed E-state index contributed by atoms with van der Waals surface area (Å²) in [4.78, 5) is 30.2. The molecule has 0 aromatic heterocycles. The topological polar surface area (TPSA) is 49.4 Å². The van der Waals surface area contributed by atoms with Crippen molar-refractivity contribution in [1.29, 1.82) is 0 Å². The third kappa shape index (κ3) is 7.46. The molecule has 182 valence electrons. The van der Waals surface area contributed by atoms with E-state index in [2.05, 4.69) is 24.4 Å². The second kappa shape index (κ2) is 12.6. The van der Waals surface area contributed by atoms with Crippen molar-refractivity contribution in [2.45, 2.75) is 62.6 Å². The van der Waals surface area contributed by atoms with Gasteiger partial charge in [-0.3, -0.25) is 9.59 Å². The molecule has 1 N–H and O–H groups in total. The van der Waals surface area contributed by atoms with Crippen LogP contribution >= 0.6 is 11.8 Å². The van der Waals surface area contributed by atoms with E-state index in [0.29, 0.717) is 13.0 Å². The van der Waals surface area contributed by atoms with Crippen LogP contribution in [0.1, 0.15) is 42.4 Å². The van der Waals surface area contributed by atoms with Gasteiger partial charge in [0.25, 0.3) is 0 Å². The maximum absolute atomic E-state index is 13.7. The lowest BCUT2D eigenvalue weighted by Gasteiger charge is -2.32. The number of benzene rings is 3. The quantitative estimate of drug-likeness (QED) is 0.369. The van der Waals surface area contributed by atoms with Crippen LogP contribution in [0.15, 0.2) is 89.8 Å². The zero-order valence-electron chi connectivity index (χ0n) is 20.4. The van der Waals surface area contributed by atoms with E-state index in [1.807, 2.05) is 72.8 Å². The van der Waals surface area contributed by atoms with Crippen molar-refractivity contribution in [3.63, 3.8) is 0 Å². The number of hydrogen-bond acceptors (Lipinski definition) is 3. The summed E-state index contributed by atoms with van der Waals surface area (Å²) in [7, 11) is 0. The zero-order valence-corrected chi connectivity index (χ0v) is 21.2. The summed E-state index contributed by atoms with van der Waals surface area (Å²) in [5, 5.41) is 3.27. The number of nitrogens with zero attached hydrogens (tertiary/aromatic N) is 1. The number of hydrogen-bond donors (Lipinski definition) is 1. The van der Waals surface area contributed by atoms with Gasteiger partial charge in [0, 0.05) is 23.9 Å². The maximum Gasteiger partial charge on any atom is 0.243 e. The van der Waals surface area contributed by atoms with Gasteiger partial charge in [-0.2, -0.15) is 0 Å². The van der Waals surface area contributed by atoms with E-state index in [9.17, 15) is 9.59 Å². The van der Waals surface area contributed by atoms with Crippen molar-refractivity contribution >= 4 is 23.6 Å². The lowest BCUT2D eigenvalue weighted by atomic mass is 10.0. The number of amides is 2. The molecule has 0 bridgehead atoms. The van der Waals surface area contributed by atoms with Gasteiger partial charge in [0.05, 0.1) is 5.75 Å². The lowest BCUT2D eigenvalue weighted by Crippen LogP contribution is -2.52. The first kappa shape index (κ1) is 25.1. The third-order valence-electron chi connectivity index (χ3n) is 6.51. The second-order valence-corrected chi connectivity index (χ2v) is 10.4. The molecule has 1 aliphatic rings. The van der Waals surface area contributed by atoms with Gasteiger partial charge in [-0.1, -0.05) is 91.2 Å². The van der Waals surface area contributed by atoms with Crippen molar-refractivity contribution in [2.24, 2.45) is 0 Å². The summed E-state index contributed by atoms with van der Waals surface area (Å²) in [5.74, 6) is 0.215. The fourth-order valence-electron chi connectivity index (χ4n) is 4.67. The number of carbonyl (C=O) groups excluding carboxylic acids is 2. The normalized spacial score (nSPS) is 14.4. The molecule has 0 saturated heterocycles. The average Bonchev–Trinajstić information content (AvgIpc) is 3.39. The summed E-state index contributed by atoms with van der Waals surface area (Å²) in [5.41, 5.74) is 3.23. The van der Waals surface area contributed by atoms with Gasteiger partial charge in [0.2, 0.25) is 11.8 Å². The Balaban J connectivity index is 1.61. The molecule has 0 spiro atoms. The molecule has 0 radical (unpaired) electrons. The fourth-order valence-corrected chi connectivity index (χ4v) is 5.48. The summed E-state index contributed by atoms with van der Waals surface area (Å²) < 4.78 is 0. The summed E-state index contributed by atoms with van der Waals surface area (Å²) >= 11 is 1.52. The van der Waals surface area contributed by atoms with E-state index >= 15 is 0 Å². The molecule has 2 amide bonds. The number of aryl methyl sites for hydroxylation is 1. The SMILES string of the molecule is Cc1cccc(CN(C(=O)CSc2ccccc2)C(Cc2ccccc2)C(=O)NC2CCCC2)c1. The predicted octanol–water partition coefficient (Wildman–Crippen LogP) is 5.79. The largest absolute Gasteiger partial charge is 0.352 e. The smallest absolute Gasteiger partial charge is 0.243 e. The zero-order chi connectivity index (χ0) is 24.5. The molecule has 5 heteroatoms. The number of nitrogens with one attached hydrogen (secondary N) is 1. The van der Waals surface area contributed by atoms with E-state index in [4.69, 9.17) is 0 Å². The first-order chi connectivity index (χ1) is 17.1. The third-order valence-corrected chi connectivity index (χ3v) is 7.51. The van der Waals surface area contributed by atoms with Crippen LogP contribution in [-0.2, 0) is 22.6 Å². The maximum atomic E-state index is 13.7. The summed E-state index contributed by atoms with van der Waals surface area (Å²) in [6.07, 6.45) is 4.81. The van der Waals surface area contributed by atoms with Crippen molar-refractivity contribution in [2.75, 3.05) is 5.75 Å². The molecule has 3 aromatic carbocycles. The monoisotopic (exact) mass is 486 g/mol. The minimum atomic E-state index is -0.567. The molecule has 0 heterocycles. The highest BCUT2D eigenvalue weighted by Crippen LogP contribution is 2.22. The highest BCUT2D eigenvalue weighted by molar-refractivity contribution is 8.00. The number of rotatable bonds is 10. The van der Waals surface area contributed by atoms with Crippen molar-refractivity contribution < 1.29 is 9.59 Å². The van der Waals surface area contributed by atoms with Crippen LogP contribution in [-0.4, -0.2) is 34.6 Å². The number of thioether (sulfide) groups is 1. The molecule has 1 aliphatic carbocycles.